The number of epoxide rings is 1. The second kappa shape index (κ2) is 16.9. The van der Waals surface area contributed by atoms with Gasteiger partial charge in [-0.15, -0.1) is 0 Å². The van der Waals surface area contributed by atoms with Crippen molar-refractivity contribution in [3.8, 4) is 5.75 Å². The van der Waals surface area contributed by atoms with Crippen molar-refractivity contribution in [2.24, 2.45) is 0 Å². The fraction of sp³-hybridized carbons (Fsp3) is 0.609. The van der Waals surface area contributed by atoms with Crippen LogP contribution in [0.25, 0.3) is 11.0 Å². The van der Waals surface area contributed by atoms with Crippen LogP contribution in [-0.2, 0) is 48.3 Å². The average molecular weight is 896 g/mol. The lowest BCUT2D eigenvalue weighted by Gasteiger charge is -2.49. The lowest BCUT2D eigenvalue weighted by Crippen LogP contribution is -2.62. The molecule has 4 aliphatic heterocycles. The van der Waals surface area contributed by atoms with Gasteiger partial charge in [0.15, 0.2) is 17.5 Å². The van der Waals surface area contributed by atoms with E-state index < -0.39 is 119 Å². The number of carbonyl (C=O) groups is 3. The van der Waals surface area contributed by atoms with Crippen molar-refractivity contribution in [1.29, 1.82) is 0 Å². The first kappa shape index (κ1) is 46.4. The van der Waals surface area contributed by atoms with Crippen LogP contribution in [0.3, 0.4) is 0 Å². The van der Waals surface area contributed by atoms with Crippen LogP contribution in [0.5, 0.6) is 5.75 Å². The van der Waals surface area contributed by atoms with Crippen molar-refractivity contribution in [3.63, 3.8) is 0 Å². The van der Waals surface area contributed by atoms with Gasteiger partial charge >= 0.3 is 5.97 Å². The van der Waals surface area contributed by atoms with Crippen LogP contribution in [0, 0.1) is 0 Å². The molecule has 64 heavy (non-hydrogen) atoms. The number of ether oxygens (including phenoxy) is 8. The molecule has 16 atom stereocenters. The van der Waals surface area contributed by atoms with Crippen LogP contribution in [-0.4, -0.2) is 145 Å². The van der Waals surface area contributed by atoms with Gasteiger partial charge in [0.05, 0.1) is 60.2 Å². The van der Waals surface area contributed by atoms with Gasteiger partial charge in [0.1, 0.15) is 65.2 Å². The van der Waals surface area contributed by atoms with Gasteiger partial charge in [-0.25, -0.2) is 0 Å². The molecule has 18 nitrogen and oxygen atoms in total. The number of esters is 1. The van der Waals surface area contributed by atoms with E-state index in [1.165, 1.54) is 45.4 Å². The predicted molar refractivity (Wildman–Crippen MR) is 223 cm³/mol. The Morgan fingerprint density at radius 3 is 2.14 bits per heavy atom. The third kappa shape index (κ3) is 7.40. The molecular formula is C46H57NO17. The Labute approximate surface area is 369 Å². The molecule has 348 valence electrons. The number of hydrogen-bond acceptors (Lipinski definition) is 18. The topological polar surface area (TPSA) is 252 Å². The summed E-state index contributed by atoms with van der Waals surface area (Å²) in [5, 5.41) is 47.7. The van der Waals surface area contributed by atoms with E-state index in [4.69, 9.17) is 42.3 Å². The minimum Gasteiger partial charge on any atom is -0.507 e. The monoisotopic (exact) mass is 895 g/mol. The molecule has 8 rings (SSSR count). The number of hydrogen-bond donors (Lipinski definition) is 5. The summed E-state index contributed by atoms with van der Waals surface area (Å²) in [5.41, 5.74) is -3.71. The average Bonchev–Trinajstić information content (AvgIpc) is 3.89. The highest BCUT2D eigenvalue weighted by Gasteiger charge is 2.55. The Morgan fingerprint density at radius 1 is 0.844 bits per heavy atom. The molecule has 1 aliphatic carbocycles. The van der Waals surface area contributed by atoms with E-state index in [1.807, 2.05) is 13.8 Å². The zero-order valence-electron chi connectivity index (χ0n) is 37.4. The fourth-order valence-corrected chi connectivity index (χ4v) is 10.2. The molecule has 1 aromatic heterocycles. The van der Waals surface area contributed by atoms with Crippen LogP contribution in [0.1, 0.15) is 115 Å². The van der Waals surface area contributed by atoms with E-state index in [1.54, 1.807) is 27.8 Å². The van der Waals surface area contributed by atoms with Gasteiger partial charge < -0.3 is 68.1 Å². The van der Waals surface area contributed by atoms with Crippen molar-refractivity contribution >= 4 is 28.5 Å². The van der Waals surface area contributed by atoms with Gasteiger partial charge in [-0.2, -0.15) is 0 Å². The molecule has 5 aliphatic rings. The Bertz CT molecular complexity index is 2420. The first-order chi connectivity index (χ1) is 30.2. The largest absolute Gasteiger partial charge is 0.507 e. The first-order valence-electron chi connectivity index (χ1n) is 21.5. The molecule has 5 N–H and O–H groups in total. The number of phenols is 1. The summed E-state index contributed by atoms with van der Waals surface area (Å²) in [4.78, 5) is 58.2. The molecule has 4 fully saturated rings. The Balaban J connectivity index is 1.23. The van der Waals surface area contributed by atoms with Crippen molar-refractivity contribution in [2.75, 3.05) is 28.4 Å². The Hall–Kier alpha value is -4.18. The van der Waals surface area contributed by atoms with Gasteiger partial charge in [0.25, 0.3) is 0 Å². The first-order valence-corrected chi connectivity index (χ1v) is 21.5. The smallest absolute Gasteiger partial charge is 0.315 e. The highest BCUT2D eigenvalue weighted by atomic mass is 16.7. The van der Waals surface area contributed by atoms with Crippen LogP contribution < -0.4 is 10.7 Å². The van der Waals surface area contributed by atoms with E-state index in [0.29, 0.717) is 5.56 Å². The number of phenolic OH excluding ortho intramolecular Hbond substituents is 1. The molecule has 2 aromatic carbocycles. The summed E-state index contributed by atoms with van der Waals surface area (Å²) in [7, 11) is 5.68. The van der Waals surface area contributed by atoms with E-state index in [2.05, 4.69) is 5.32 Å². The maximum atomic E-state index is 15.0. The summed E-state index contributed by atoms with van der Waals surface area (Å²) in [6.45, 7) is 10.5. The number of nitrogens with one attached hydrogen (secondary N) is 1. The molecule has 0 spiro atoms. The third-order valence-electron chi connectivity index (χ3n) is 14.2. The maximum absolute atomic E-state index is 15.0. The lowest BCUT2D eigenvalue weighted by atomic mass is 9.76. The summed E-state index contributed by atoms with van der Waals surface area (Å²) in [5.74, 6) is -4.62. The normalized spacial score (nSPS) is 37.8. The number of aliphatic hydroxyl groups excluding tert-OH is 3. The molecule has 16 unspecified atom stereocenters. The fourth-order valence-electron chi connectivity index (χ4n) is 10.2. The minimum atomic E-state index is -1.64. The number of ketones is 2. The lowest BCUT2D eigenvalue weighted by molar-refractivity contribution is -0.293. The molecule has 0 bridgehead atoms. The summed E-state index contributed by atoms with van der Waals surface area (Å²) in [6.07, 6.45) is -10.9. The SMILES string of the molecule is CNC1(C)CC(c2cc(O)c3c(c2)C(=O)c2cc(C(C(=O)OC)C4OC(C)C(O)C(OC)C4O)c4c(=O)cc(C5(C)OC5C)oc4c2C3=O)OC(C)C1OC1CC(OC)C(O)C(C)O1. The van der Waals surface area contributed by atoms with E-state index in [9.17, 15) is 34.8 Å². The minimum absolute atomic E-state index is 0.0568. The number of aliphatic hydroxyl groups is 3. The van der Waals surface area contributed by atoms with Crippen molar-refractivity contribution in [1.82, 2.24) is 5.32 Å². The highest BCUT2D eigenvalue weighted by Crippen LogP contribution is 2.49. The van der Waals surface area contributed by atoms with Crippen LogP contribution in [0.15, 0.2) is 33.5 Å². The van der Waals surface area contributed by atoms with Gasteiger partial charge in [0.2, 0.25) is 5.78 Å². The molecule has 5 heterocycles. The van der Waals surface area contributed by atoms with E-state index in [-0.39, 0.29) is 63.5 Å². The van der Waals surface area contributed by atoms with Crippen LogP contribution in [0.2, 0.25) is 0 Å². The Morgan fingerprint density at radius 2 is 1.52 bits per heavy atom. The number of aromatic hydroxyl groups is 1. The molecule has 18 heteroatoms. The maximum Gasteiger partial charge on any atom is 0.315 e. The van der Waals surface area contributed by atoms with Crippen molar-refractivity contribution in [2.45, 2.75) is 151 Å². The number of methoxy groups -OCH3 is 3. The third-order valence-corrected chi connectivity index (χ3v) is 14.2. The highest BCUT2D eigenvalue weighted by molar-refractivity contribution is 6.32. The molecule has 0 radical (unpaired) electrons. The quantitative estimate of drug-likeness (QED) is 0.113. The predicted octanol–water partition coefficient (Wildman–Crippen LogP) is 2.41. The number of likely N-dealkylation sites (N-methyl/N-ethyl adjacent to an activating group) is 1. The second-order valence-electron chi connectivity index (χ2n) is 18.1. The molecular weight excluding hydrogens is 838 g/mol. The van der Waals surface area contributed by atoms with Gasteiger partial charge in [-0.1, -0.05) is 0 Å². The van der Waals surface area contributed by atoms with Gasteiger partial charge in [-0.05, 0) is 84.3 Å². The van der Waals surface area contributed by atoms with Crippen molar-refractivity contribution < 1.29 is 77.1 Å². The summed E-state index contributed by atoms with van der Waals surface area (Å²) in [6, 6.07) is 5.28. The van der Waals surface area contributed by atoms with Crippen LogP contribution >= 0.6 is 0 Å². The van der Waals surface area contributed by atoms with Gasteiger partial charge in [0, 0.05) is 43.4 Å². The van der Waals surface area contributed by atoms with Crippen molar-refractivity contribution in [3.05, 3.63) is 73.6 Å². The zero-order chi connectivity index (χ0) is 46.5. The zero-order valence-corrected chi connectivity index (χ0v) is 37.4. The molecule has 4 saturated heterocycles. The molecule has 3 aromatic rings. The standard InChI is InChI=1S/C46H57NO17/c1-17-35(50)27(56-8)15-30(60-17)63-43-19(3)59-28(16-45(43,5)47-7)21-11-23-31(25(48)12-21)38(53)33-24(37(23)52)13-22(32-26(49)14-29(62-40(32)33)46(6)20(4)64-46)34(44(55)58-10)41-39(54)42(57-9)36(51)18(2)61-41/h11-14,17-20,27-28,30,34-36,39,41-43,47-48,50-51,54H,15-16H2,1-10H3. The van der Waals surface area contributed by atoms with Crippen LogP contribution in [0.4, 0.5) is 0 Å². The summed E-state index contributed by atoms with van der Waals surface area (Å²) >= 11 is 0. The Kier molecular flexibility index (Phi) is 12.3. The number of benzene rings is 2. The van der Waals surface area contributed by atoms with Gasteiger partial charge in [-0.3, -0.25) is 19.2 Å². The molecule has 0 saturated carbocycles. The second-order valence-corrected chi connectivity index (χ2v) is 18.1. The van der Waals surface area contributed by atoms with E-state index >= 15 is 4.79 Å². The summed E-state index contributed by atoms with van der Waals surface area (Å²) < 4.78 is 53.4. The number of fused-ring (bicyclic) bond motifs is 4. The van der Waals surface area contributed by atoms with E-state index in [0.717, 1.165) is 7.11 Å². The number of rotatable bonds is 10. The molecule has 0 amide bonds. The number of carbonyl (C=O) groups excluding carboxylic acids is 3.